The largest absolute Gasteiger partial charge is 0.457 e. The highest BCUT2D eigenvalue weighted by atomic mass is 35.5. The third kappa shape index (κ3) is 4.50. The smallest absolute Gasteiger partial charge is 0.266 e. The molecule has 0 aliphatic heterocycles. The maximum absolute atomic E-state index is 13.2. The van der Waals surface area contributed by atoms with Crippen LogP contribution in [0.2, 0.25) is 10.0 Å². The zero-order valence-corrected chi connectivity index (χ0v) is 17.1. The van der Waals surface area contributed by atoms with Gasteiger partial charge in [0.05, 0.1) is 17.3 Å². The molecule has 3 aromatic rings. The van der Waals surface area contributed by atoms with Gasteiger partial charge in [0.15, 0.2) is 0 Å². The fraction of sp³-hybridized carbons (Fsp3) is 0.0476. The number of nitrogens with zero attached hydrogens (tertiary/aromatic N) is 1. The molecule has 0 N–H and O–H groups in total. The van der Waals surface area contributed by atoms with Crippen LogP contribution in [-0.4, -0.2) is 15.0 Å². The van der Waals surface area contributed by atoms with Crippen LogP contribution >= 0.6 is 23.2 Å². The number of para-hydroxylation sites is 1. The lowest BCUT2D eigenvalue weighted by molar-refractivity contribution is 0.482. The summed E-state index contributed by atoms with van der Waals surface area (Å²) in [5, 5.41) is 0.385. The van der Waals surface area contributed by atoms with Crippen LogP contribution < -0.4 is 9.04 Å². The molecule has 3 rings (SSSR count). The first-order valence-corrected chi connectivity index (χ1v) is 10.5. The van der Waals surface area contributed by atoms with Gasteiger partial charge in [-0.15, -0.1) is 6.58 Å². The van der Waals surface area contributed by atoms with Gasteiger partial charge in [0.2, 0.25) is 0 Å². The van der Waals surface area contributed by atoms with Gasteiger partial charge in [-0.3, -0.25) is 4.31 Å². The number of benzene rings is 3. The molecule has 0 unspecified atom stereocenters. The average Bonchev–Trinajstić information content (AvgIpc) is 2.69. The van der Waals surface area contributed by atoms with Crippen molar-refractivity contribution in [1.29, 1.82) is 0 Å². The van der Waals surface area contributed by atoms with Crippen molar-refractivity contribution in [2.24, 2.45) is 0 Å². The summed E-state index contributed by atoms with van der Waals surface area (Å²) in [7, 11) is -3.94. The van der Waals surface area contributed by atoms with E-state index in [-0.39, 0.29) is 21.5 Å². The molecule has 0 aromatic heterocycles. The lowest BCUT2D eigenvalue weighted by Crippen LogP contribution is -2.31. The Balaban J connectivity index is 1.93. The Morgan fingerprint density at radius 3 is 2.21 bits per heavy atom. The highest BCUT2D eigenvalue weighted by Crippen LogP contribution is 2.32. The number of rotatable bonds is 7. The molecule has 0 aliphatic rings. The minimum Gasteiger partial charge on any atom is -0.457 e. The van der Waals surface area contributed by atoms with Gasteiger partial charge in [-0.25, -0.2) is 8.42 Å². The zero-order valence-electron chi connectivity index (χ0n) is 14.8. The van der Waals surface area contributed by atoms with Crippen molar-refractivity contribution < 1.29 is 13.2 Å². The molecule has 0 radical (unpaired) electrons. The Bertz CT molecular complexity index is 1070. The van der Waals surface area contributed by atoms with E-state index in [1.807, 2.05) is 30.3 Å². The summed E-state index contributed by atoms with van der Waals surface area (Å²) in [6.45, 7) is 3.73. The van der Waals surface area contributed by atoms with Crippen molar-refractivity contribution in [1.82, 2.24) is 0 Å². The third-order valence-electron chi connectivity index (χ3n) is 3.86. The van der Waals surface area contributed by atoms with Crippen molar-refractivity contribution >= 4 is 38.9 Å². The van der Waals surface area contributed by atoms with E-state index in [1.54, 1.807) is 24.3 Å². The fourth-order valence-electron chi connectivity index (χ4n) is 2.56. The second-order valence-corrected chi connectivity index (χ2v) is 8.48. The quantitative estimate of drug-likeness (QED) is 0.418. The molecule has 28 heavy (non-hydrogen) atoms. The Hall–Kier alpha value is -2.47. The van der Waals surface area contributed by atoms with Crippen LogP contribution in [0, 0.1) is 0 Å². The van der Waals surface area contributed by atoms with Crippen molar-refractivity contribution in [2.75, 3.05) is 10.8 Å². The lowest BCUT2D eigenvalue weighted by Gasteiger charge is -2.24. The zero-order chi connectivity index (χ0) is 20.1. The third-order valence-corrected chi connectivity index (χ3v) is 6.37. The van der Waals surface area contributed by atoms with Gasteiger partial charge in [0.25, 0.3) is 10.0 Å². The molecular weight excluding hydrogens is 417 g/mol. The summed E-state index contributed by atoms with van der Waals surface area (Å²) in [4.78, 5) is -0.0619. The first-order valence-electron chi connectivity index (χ1n) is 8.33. The van der Waals surface area contributed by atoms with E-state index >= 15 is 0 Å². The molecule has 0 atom stereocenters. The van der Waals surface area contributed by atoms with Crippen LogP contribution in [0.3, 0.4) is 0 Å². The van der Waals surface area contributed by atoms with Crippen LogP contribution in [0.15, 0.2) is 90.3 Å². The summed E-state index contributed by atoms with van der Waals surface area (Å²) in [5.41, 5.74) is 0.455. The molecule has 3 aromatic carbocycles. The second-order valence-electron chi connectivity index (χ2n) is 5.81. The van der Waals surface area contributed by atoms with Gasteiger partial charge in [0, 0.05) is 5.02 Å². The van der Waals surface area contributed by atoms with Crippen LogP contribution in [0.25, 0.3) is 0 Å². The average molecular weight is 434 g/mol. The number of sulfonamides is 1. The predicted octanol–water partition coefficient (Wildman–Crippen LogP) is 6.17. The van der Waals surface area contributed by atoms with Gasteiger partial charge < -0.3 is 4.74 Å². The predicted molar refractivity (Wildman–Crippen MR) is 114 cm³/mol. The van der Waals surface area contributed by atoms with Crippen LogP contribution in [-0.2, 0) is 10.0 Å². The van der Waals surface area contributed by atoms with Gasteiger partial charge in [-0.2, -0.15) is 0 Å². The maximum atomic E-state index is 13.2. The molecular formula is C21H17Cl2NO3S. The van der Waals surface area contributed by atoms with Gasteiger partial charge >= 0.3 is 0 Å². The SMILES string of the molecule is C=CCN(c1ccc(Oc2ccccc2)cc1)S(=O)(=O)c1cc(Cl)ccc1Cl. The molecule has 0 saturated heterocycles. The van der Waals surface area contributed by atoms with E-state index < -0.39 is 10.0 Å². The summed E-state index contributed by atoms with van der Waals surface area (Å²) in [6, 6.07) is 20.4. The Labute approximate surface area is 174 Å². The summed E-state index contributed by atoms with van der Waals surface area (Å²) in [5.74, 6) is 1.28. The number of halogens is 2. The monoisotopic (exact) mass is 433 g/mol. The topological polar surface area (TPSA) is 46.6 Å². The molecule has 0 heterocycles. The van der Waals surface area contributed by atoms with Gasteiger partial charge in [0.1, 0.15) is 16.4 Å². The van der Waals surface area contributed by atoms with E-state index in [4.69, 9.17) is 27.9 Å². The molecule has 0 saturated carbocycles. The normalized spacial score (nSPS) is 11.1. The summed E-state index contributed by atoms with van der Waals surface area (Å²) >= 11 is 12.1. The standard InChI is InChI=1S/C21H17Cl2NO3S/c1-2-14-24(28(25,26)21-15-16(22)8-13-20(21)23)17-9-11-19(12-10-17)27-18-6-4-3-5-7-18/h2-13,15H,1,14H2. The summed E-state index contributed by atoms with van der Waals surface area (Å²) in [6.07, 6.45) is 1.50. The molecule has 0 spiro atoms. The Kier molecular flexibility index (Phi) is 6.29. The molecule has 0 bridgehead atoms. The molecule has 4 nitrogen and oxygen atoms in total. The fourth-order valence-corrected chi connectivity index (χ4v) is 4.73. The highest BCUT2D eigenvalue weighted by molar-refractivity contribution is 7.93. The number of ether oxygens (including phenoxy) is 1. The van der Waals surface area contributed by atoms with Crippen molar-refractivity contribution in [3.63, 3.8) is 0 Å². The lowest BCUT2D eigenvalue weighted by atomic mass is 10.3. The molecule has 0 aliphatic carbocycles. The minimum atomic E-state index is -3.94. The Morgan fingerprint density at radius 2 is 1.57 bits per heavy atom. The van der Waals surface area contributed by atoms with E-state index in [0.29, 0.717) is 17.2 Å². The van der Waals surface area contributed by atoms with E-state index in [9.17, 15) is 8.42 Å². The molecule has 7 heteroatoms. The number of anilines is 1. The van der Waals surface area contributed by atoms with Gasteiger partial charge in [-0.05, 0) is 54.6 Å². The van der Waals surface area contributed by atoms with Crippen LogP contribution in [0.4, 0.5) is 5.69 Å². The summed E-state index contributed by atoms with van der Waals surface area (Å²) < 4.78 is 33.3. The second kappa shape index (κ2) is 8.69. The first kappa shape index (κ1) is 20.3. The van der Waals surface area contributed by atoms with Crippen molar-refractivity contribution in [3.8, 4) is 11.5 Å². The molecule has 0 amide bonds. The van der Waals surface area contributed by atoms with Crippen molar-refractivity contribution in [3.05, 3.63) is 95.5 Å². The highest BCUT2D eigenvalue weighted by Gasteiger charge is 2.26. The minimum absolute atomic E-state index is 0.0619. The van der Waals surface area contributed by atoms with E-state index in [1.165, 1.54) is 28.6 Å². The van der Waals surface area contributed by atoms with E-state index in [2.05, 4.69) is 6.58 Å². The number of hydrogen-bond donors (Lipinski definition) is 0. The molecule has 144 valence electrons. The van der Waals surface area contributed by atoms with Crippen LogP contribution in [0.5, 0.6) is 11.5 Å². The first-order chi connectivity index (χ1) is 13.4. The van der Waals surface area contributed by atoms with E-state index in [0.717, 1.165) is 0 Å². The maximum Gasteiger partial charge on any atom is 0.266 e. The molecule has 0 fully saturated rings. The Morgan fingerprint density at radius 1 is 0.929 bits per heavy atom. The van der Waals surface area contributed by atoms with Crippen LogP contribution in [0.1, 0.15) is 0 Å². The van der Waals surface area contributed by atoms with Crippen molar-refractivity contribution in [2.45, 2.75) is 4.90 Å². The number of hydrogen-bond acceptors (Lipinski definition) is 3. The van der Waals surface area contributed by atoms with Gasteiger partial charge in [-0.1, -0.05) is 47.5 Å².